The number of rotatable bonds is 3. The van der Waals surface area contributed by atoms with Gasteiger partial charge in [0, 0.05) is 7.05 Å². The second-order valence-electron chi connectivity index (χ2n) is 2.35. The Morgan fingerprint density at radius 1 is 1.58 bits per heavy atom. The van der Waals surface area contributed by atoms with Crippen LogP contribution in [-0.4, -0.2) is 37.0 Å². The zero-order valence-electron chi connectivity index (χ0n) is 7.53. The summed E-state index contributed by atoms with van der Waals surface area (Å²) in [5, 5.41) is 0. The molecular formula is C8H13NO3. The molecule has 0 aliphatic heterocycles. The summed E-state index contributed by atoms with van der Waals surface area (Å²) in [4.78, 5) is 23.2. The van der Waals surface area contributed by atoms with E-state index >= 15 is 0 Å². The van der Waals surface area contributed by atoms with Crippen LogP contribution in [0.4, 0.5) is 0 Å². The topological polar surface area (TPSA) is 46.6 Å². The Morgan fingerprint density at radius 2 is 2.08 bits per heavy atom. The van der Waals surface area contributed by atoms with Crippen molar-refractivity contribution in [2.75, 3.05) is 14.2 Å². The van der Waals surface area contributed by atoms with Crippen molar-refractivity contribution in [2.45, 2.75) is 13.0 Å². The molecule has 0 unspecified atom stereocenters. The van der Waals surface area contributed by atoms with Gasteiger partial charge in [0.25, 0.3) is 0 Å². The summed E-state index contributed by atoms with van der Waals surface area (Å²) in [6.45, 7) is 4.90. The third-order valence-corrected chi connectivity index (χ3v) is 1.65. The molecule has 0 saturated heterocycles. The lowest BCUT2D eigenvalue weighted by Gasteiger charge is -2.20. The summed E-state index contributed by atoms with van der Waals surface area (Å²) in [5.41, 5.74) is 0. The van der Waals surface area contributed by atoms with E-state index in [0.717, 1.165) is 6.08 Å². The van der Waals surface area contributed by atoms with Gasteiger partial charge in [-0.1, -0.05) is 6.58 Å². The first-order chi connectivity index (χ1) is 5.54. The van der Waals surface area contributed by atoms with Gasteiger partial charge in [0.1, 0.15) is 6.04 Å². The lowest BCUT2D eigenvalue weighted by molar-refractivity contribution is -0.149. The van der Waals surface area contributed by atoms with Crippen molar-refractivity contribution in [3.63, 3.8) is 0 Å². The molecule has 0 bridgehead atoms. The van der Waals surface area contributed by atoms with E-state index in [2.05, 4.69) is 11.3 Å². The Balaban J connectivity index is 4.27. The summed E-state index contributed by atoms with van der Waals surface area (Å²) in [6.07, 6.45) is 1.15. The van der Waals surface area contributed by atoms with Gasteiger partial charge in [-0.25, -0.2) is 4.79 Å². The van der Waals surface area contributed by atoms with Crippen LogP contribution in [0.25, 0.3) is 0 Å². The predicted molar refractivity (Wildman–Crippen MR) is 44.4 cm³/mol. The molecule has 0 aromatic carbocycles. The van der Waals surface area contributed by atoms with Gasteiger partial charge in [0.15, 0.2) is 0 Å². The third-order valence-electron chi connectivity index (χ3n) is 1.65. The molecule has 0 aliphatic carbocycles. The summed E-state index contributed by atoms with van der Waals surface area (Å²) in [5.74, 6) is -0.736. The quantitative estimate of drug-likeness (QED) is 0.450. The fourth-order valence-corrected chi connectivity index (χ4v) is 0.664. The van der Waals surface area contributed by atoms with Crippen LogP contribution in [0.1, 0.15) is 6.92 Å². The van der Waals surface area contributed by atoms with E-state index in [1.165, 1.54) is 19.1 Å². The van der Waals surface area contributed by atoms with Crippen molar-refractivity contribution < 1.29 is 14.3 Å². The van der Waals surface area contributed by atoms with Gasteiger partial charge in [-0.2, -0.15) is 0 Å². The summed E-state index contributed by atoms with van der Waals surface area (Å²) >= 11 is 0. The van der Waals surface area contributed by atoms with Crippen LogP contribution in [0.15, 0.2) is 12.7 Å². The average Bonchev–Trinajstić information content (AvgIpc) is 2.12. The number of hydrogen-bond acceptors (Lipinski definition) is 3. The van der Waals surface area contributed by atoms with E-state index in [0.29, 0.717) is 0 Å². The van der Waals surface area contributed by atoms with E-state index in [1.807, 2.05) is 0 Å². The first kappa shape index (κ1) is 10.7. The lowest BCUT2D eigenvalue weighted by atomic mass is 10.3. The highest BCUT2D eigenvalue weighted by molar-refractivity contribution is 5.90. The number of methoxy groups -OCH3 is 1. The zero-order valence-corrected chi connectivity index (χ0v) is 7.53. The minimum Gasteiger partial charge on any atom is -0.467 e. The average molecular weight is 171 g/mol. The maximum Gasteiger partial charge on any atom is 0.328 e. The molecule has 4 nitrogen and oxygen atoms in total. The Hall–Kier alpha value is -1.32. The van der Waals surface area contributed by atoms with E-state index in [-0.39, 0.29) is 5.91 Å². The van der Waals surface area contributed by atoms with Crippen LogP contribution in [0, 0.1) is 0 Å². The number of nitrogens with zero attached hydrogens (tertiary/aromatic N) is 1. The summed E-state index contributed by atoms with van der Waals surface area (Å²) in [6, 6.07) is -0.569. The van der Waals surface area contributed by atoms with Crippen molar-refractivity contribution >= 4 is 11.9 Å². The standard InChI is InChI=1S/C8H13NO3/c1-5-7(10)9(3)6(2)8(11)12-4/h5-6H,1H2,2-4H3/t6-/m0/s1. The van der Waals surface area contributed by atoms with E-state index in [4.69, 9.17) is 0 Å². The molecule has 1 amide bonds. The highest BCUT2D eigenvalue weighted by Crippen LogP contribution is 1.98. The first-order valence-electron chi connectivity index (χ1n) is 3.51. The third kappa shape index (κ3) is 2.38. The molecule has 0 N–H and O–H groups in total. The minimum absolute atomic E-state index is 0.298. The summed E-state index contributed by atoms with van der Waals surface area (Å²) < 4.78 is 4.46. The molecule has 4 heteroatoms. The second kappa shape index (κ2) is 4.54. The molecule has 12 heavy (non-hydrogen) atoms. The molecule has 0 fully saturated rings. The van der Waals surface area contributed by atoms with Crippen molar-refractivity contribution in [1.29, 1.82) is 0 Å². The van der Waals surface area contributed by atoms with Crippen LogP contribution in [-0.2, 0) is 14.3 Å². The maximum atomic E-state index is 11.0. The molecular weight excluding hydrogens is 158 g/mol. The second-order valence-corrected chi connectivity index (χ2v) is 2.35. The molecule has 0 spiro atoms. The largest absolute Gasteiger partial charge is 0.467 e. The van der Waals surface area contributed by atoms with Gasteiger partial charge < -0.3 is 9.64 Å². The van der Waals surface area contributed by atoms with Crippen LogP contribution in [0.2, 0.25) is 0 Å². The molecule has 0 saturated carbocycles. The summed E-state index contributed by atoms with van der Waals surface area (Å²) in [7, 11) is 2.80. The predicted octanol–water partition coefficient (Wildman–Crippen LogP) is 0.192. The molecule has 0 aliphatic rings. The molecule has 0 aromatic rings. The van der Waals surface area contributed by atoms with Gasteiger partial charge in [-0.15, -0.1) is 0 Å². The molecule has 1 atom stereocenters. The number of carbonyl (C=O) groups is 2. The van der Waals surface area contributed by atoms with Gasteiger partial charge >= 0.3 is 5.97 Å². The maximum absolute atomic E-state index is 11.0. The smallest absolute Gasteiger partial charge is 0.328 e. The van der Waals surface area contributed by atoms with Gasteiger partial charge in [-0.05, 0) is 13.0 Å². The number of esters is 1. The Morgan fingerprint density at radius 3 is 2.42 bits per heavy atom. The van der Waals surface area contributed by atoms with Gasteiger partial charge in [-0.3, -0.25) is 4.79 Å². The van der Waals surface area contributed by atoms with Gasteiger partial charge in [0.05, 0.1) is 7.11 Å². The van der Waals surface area contributed by atoms with E-state index in [1.54, 1.807) is 6.92 Å². The Labute approximate surface area is 71.8 Å². The normalized spacial score (nSPS) is 11.6. The molecule has 0 rings (SSSR count). The van der Waals surface area contributed by atoms with Crippen LogP contribution >= 0.6 is 0 Å². The van der Waals surface area contributed by atoms with E-state index in [9.17, 15) is 9.59 Å². The molecule has 0 radical (unpaired) electrons. The number of amides is 1. The minimum atomic E-state index is -0.569. The Kier molecular flexibility index (Phi) is 4.04. The van der Waals surface area contributed by atoms with Crippen molar-refractivity contribution in [3.05, 3.63) is 12.7 Å². The number of ether oxygens (including phenoxy) is 1. The van der Waals surface area contributed by atoms with Crippen molar-refractivity contribution in [1.82, 2.24) is 4.90 Å². The first-order valence-corrected chi connectivity index (χ1v) is 3.51. The molecule has 0 aromatic heterocycles. The lowest BCUT2D eigenvalue weighted by Crippen LogP contribution is -2.39. The van der Waals surface area contributed by atoms with E-state index < -0.39 is 12.0 Å². The van der Waals surface area contributed by atoms with Crippen molar-refractivity contribution in [2.24, 2.45) is 0 Å². The fraction of sp³-hybridized carbons (Fsp3) is 0.500. The van der Waals surface area contributed by atoms with Crippen LogP contribution in [0.3, 0.4) is 0 Å². The van der Waals surface area contributed by atoms with Gasteiger partial charge in [0.2, 0.25) is 5.91 Å². The zero-order chi connectivity index (χ0) is 9.72. The molecule has 68 valence electrons. The number of likely N-dealkylation sites (N-methyl/N-ethyl adjacent to an activating group) is 1. The molecule has 0 heterocycles. The van der Waals surface area contributed by atoms with Crippen LogP contribution < -0.4 is 0 Å². The monoisotopic (exact) mass is 171 g/mol. The van der Waals surface area contributed by atoms with Crippen molar-refractivity contribution in [3.8, 4) is 0 Å². The number of hydrogen-bond donors (Lipinski definition) is 0. The van der Waals surface area contributed by atoms with Crippen LogP contribution in [0.5, 0.6) is 0 Å². The highest BCUT2D eigenvalue weighted by Gasteiger charge is 2.20. The fourth-order valence-electron chi connectivity index (χ4n) is 0.664. The highest BCUT2D eigenvalue weighted by atomic mass is 16.5. The number of carbonyl (C=O) groups excluding carboxylic acids is 2. The SMILES string of the molecule is C=CC(=O)N(C)[C@@H](C)C(=O)OC. The Bertz CT molecular complexity index is 200.